The number of nitrogens with one attached hydrogen (secondary N) is 2. The molecule has 1 aromatic heterocycles. The lowest BCUT2D eigenvalue weighted by atomic mass is 10.3. The van der Waals surface area contributed by atoms with Gasteiger partial charge in [0.2, 0.25) is 5.88 Å². The van der Waals surface area contributed by atoms with Crippen molar-refractivity contribution in [2.24, 2.45) is 10.9 Å². The Hall–Kier alpha value is -1.99. The van der Waals surface area contributed by atoms with Gasteiger partial charge in [-0.3, -0.25) is 0 Å². The Morgan fingerprint density at radius 2 is 2.17 bits per heavy atom. The summed E-state index contributed by atoms with van der Waals surface area (Å²) in [6.45, 7) is 3.97. The summed E-state index contributed by atoms with van der Waals surface area (Å²) in [6, 6.07) is 3.54. The van der Waals surface area contributed by atoms with Crippen LogP contribution in [0.5, 0.6) is 5.88 Å². The van der Waals surface area contributed by atoms with Crippen LogP contribution >= 0.6 is 0 Å². The molecule has 2 N–H and O–H groups in total. The van der Waals surface area contributed by atoms with Crippen molar-refractivity contribution in [3.05, 3.63) is 23.9 Å². The summed E-state index contributed by atoms with van der Waals surface area (Å²) in [5, 5.41) is 6.49. The van der Waals surface area contributed by atoms with Crippen LogP contribution in [0.3, 0.4) is 0 Å². The fraction of sp³-hybridized carbons (Fsp3) is 0.600. The maximum Gasteiger partial charge on any atom is 0.422 e. The van der Waals surface area contributed by atoms with Crippen molar-refractivity contribution >= 4 is 5.96 Å². The molecule has 2 unspecified atom stereocenters. The van der Waals surface area contributed by atoms with Crippen LogP contribution in [0.15, 0.2) is 23.3 Å². The standard InChI is InChI=1S/C15H21F3N4O/c1-3-19-14(22-12-6-10(12)2)21-8-11-4-5-13(20-7-11)23-9-15(16,17)18/h4-5,7,10,12H,3,6,8-9H2,1-2H3,(H2,19,21,22). The van der Waals surface area contributed by atoms with E-state index < -0.39 is 12.8 Å². The van der Waals surface area contributed by atoms with Gasteiger partial charge in [0.05, 0.1) is 6.54 Å². The third kappa shape index (κ3) is 6.33. The normalized spacial score (nSPS) is 21.0. The number of ether oxygens (including phenoxy) is 1. The average Bonchev–Trinajstić information content (AvgIpc) is 3.18. The van der Waals surface area contributed by atoms with Crippen molar-refractivity contribution in [2.45, 2.75) is 39.0 Å². The Labute approximate surface area is 133 Å². The van der Waals surface area contributed by atoms with Crippen molar-refractivity contribution in [1.29, 1.82) is 0 Å². The number of hydrogen-bond acceptors (Lipinski definition) is 3. The molecule has 1 aliphatic carbocycles. The molecule has 23 heavy (non-hydrogen) atoms. The van der Waals surface area contributed by atoms with E-state index in [1.165, 1.54) is 12.3 Å². The van der Waals surface area contributed by atoms with Gasteiger partial charge in [-0.15, -0.1) is 0 Å². The largest absolute Gasteiger partial charge is 0.468 e. The van der Waals surface area contributed by atoms with Crippen molar-refractivity contribution in [1.82, 2.24) is 15.6 Å². The van der Waals surface area contributed by atoms with Crippen LogP contribution in [0, 0.1) is 5.92 Å². The van der Waals surface area contributed by atoms with Crippen LogP contribution in [0.4, 0.5) is 13.2 Å². The van der Waals surface area contributed by atoms with Gasteiger partial charge in [0.15, 0.2) is 12.6 Å². The first kappa shape index (κ1) is 17.4. The van der Waals surface area contributed by atoms with E-state index in [0.29, 0.717) is 18.5 Å². The summed E-state index contributed by atoms with van der Waals surface area (Å²) in [6.07, 6.45) is -1.76. The molecule has 0 radical (unpaired) electrons. The number of halogens is 3. The van der Waals surface area contributed by atoms with E-state index in [2.05, 4.69) is 32.3 Å². The fourth-order valence-electron chi connectivity index (χ4n) is 1.93. The molecule has 8 heteroatoms. The average molecular weight is 330 g/mol. The van der Waals surface area contributed by atoms with E-state index in [-0.39, 0.29) is 5.88 Å². The molecule has 1 aliphatic rings. The number of aromatic nitrogens is 1. The quantitative estimate of drug-likeness (QED) is 0.621. The Kier molecular flexibility index (Phi) is 5.68. The summed E-state index contributed by atoms with van der Waals surface area (Å²) in [7, 11) is 0. The molecule has 1 heterocycles. The highest BCUT2D eigenvalue weighted by atomic mass is 19.4. The number of guanidine groups is 1. The molecule has 1 fully saturated rings. The SMILES string of the molecule is CCNC(=NCc1ccc(OCC(F)(F)F)nc1)NC1CC1C. The minimum Gasteiger partial charge on any atom is -0.468 e. The van der Waals surface area contributed by atoms with Crippen molar-refractivity contribution < 1.29 is 17.9 Å². The van der Waals surface area contributed by atoms with E-state index in [1.54, 1.807) is 6.07 Å². The number of alkyl halides is 3. The molecular formula is C15H21F3N4O. The Balaban J connectivity index is 1.87. The molecule has 0 aliphatic heterocycles. The molecule has 0 spiro atoms. The van der Waals surface area contributed by atoms with Gasteiger partial charge < -0.3 is 15.4 Å². The highest BCUT2D eigenvalue weighted by Gasteiger charge is 2.33. The molecule has 2 rings (SSSR count). The summed E-state index contributed by atoms with van der Waals surface area (Å²) in [4.78, 5) is 8.31. The van der Waals surface area contributed by atoms with Crippen molar-refractivity contribution in [2.75, 3.05) is 13.2 Å². The van der Waals surface area contributed by atoms with Crippen LogP contribution in [0.1, 0.15) is 25.8 Å². The zero-order valence-electron chi connectivity index (χ0n) is 13.2. The number of hydrogen-bond donors (Lipinski definition) is 2. The van der Waals surface area contributed by atoms with Gasteiger partial charge in [0.25, 0.3) is 0 Å². The third-order valence-electron chi connectivity index (χ3n) is 3.38. The van der Waals surface area contributed by atoms with Gasteiger partial charge in [-0.25, -0.2) is 9.98 Å². The van der Waals surface area contributed by atoms with E-state index in [0.717, 1.165) is 24.5 Å². The Morgan fingerprint density at radius 1 is 1.43 bits per heavy atom. The summed E-state index contributed by atoms with van der Waals surface area (Å²) < 4.78 is 40.7. The second-order valence-corrected chi connectivity index (χ2v) is 5.57. The molecule has 0 bridgehead atoms. The fourth-order valence-corrected chi connectivity index (χ4v) is 1.93. The van der Waals surface area contributed by atoms with Gasteiger partial charge in [0.1, 0.15) is 0 Å². The van der Waals surface area contributed by atoms with Gasteiger partial charge >= 0.3 is 6.18 Å². The molecule has 1 saturated carbocycles. The molecule has 0 aromatic carbocycles. The van der Waals surface area contributed by atoms with Crippen LogP contribution in [-0.2, 0) is 6.54 Å². The highest BCUT2D eigenvalue weighted by molar-refractivity contribution is 5.80. The predicted octanol–water partition coefficient (Wildman–Crippen LogP) is 2.49. The Morgan fingerprint density at radius 3 is 2.70 bits per heavy atom. The monoisotopic (exact) mass is 330 g/mol. The summed E-state index contributed by atoms with van der Waals surface area (Å²) in [5.41, 5.74) is 0.797. The lowest BCUT2D eigenvalue weighted by Gasteiger charge is -2.11. The lowest BCUT2D eigenvalue weighted by Crippen LogP contribution is -2.39. The number of rotatable bonds is 6. The summed E-state index contributed by atoms with van der Waals surface area (Å²) in [5.74, 6) is 1.34. The van der Waals surface area contributed by atoms with Crippen LogP contribution < -0.4 is 15.4 Å². The maximum atomic E-state index is 12.1. The minimum absolute atomic E-state index is 0.0492. The molecule has 5 nitrogen and oxygen atoms in total. The van der Waals surface area contributed by atoms with E-state index in [4.69, 9.17) is 0 Å². The third-order valence-corrected chi connectivity index (χ3v) is 3.38. The maximum absolute atomic E-state index is 12.1. The summed E-state index contributed by atoms with van der Waals surface area (Å²) >= 11 is 0. The number of aliphatic imine (C=N–C) groups is 1. The van der Waals surface area contributed by atoms with Crippen LogP contribution in [-0.4, -0.2) is 36.3 Å². The second-order valence-electron chi connectivity index (χ2n) is 5.57. The van der Waals surface area contributed by atoms with Gasteiger partial charge in [-0.2, -0.15) is 13.2 Å². The highest BCUT2D eigenvalue weighted by Crippen LogP contribution is 2.28. The molecule has 0 saturated heterocycles. The van der Waals surface area contributed by atoms with Crippen molar-refractivity contribution in [3.8, 4) is 5.88 Å². The minimum atomic E-state index is -4.36. The van der Waals surface area contributed by atoms with Gasteiger partial charge in [-0.1, -0.05) is 13.0 Å². The number of pyridine rings is 1. The first-order valence-corrected chi connectivity index (χ1v) is 7.56. The first-order chi connectivity index (χ1) is 10.9. The zero-order valence-corrected chi connectivity index (χ0v) is 13.2. The second kappa shape index (κ2) is 7.52. The van der Waals surface area contributed by atoms with E-state index >= 15 is 0 Å². The molecule has 128 valence electrons. The lowest BCUT2D eigenvalue weighted by molar-refractivity contribution is -0.154. The smallest absolute Gasteiger partial charge is 0.422 e. The molecule has 0 amide bonds. The topological polar surface area (TPSA) is 58.5 Å². The Bertz CT molecular complexity index is 531. The first-order valence-electron chi connectivity index (χ1n) is 7.56. The van der Waals surface area contributed by atoms with E-state index in [1.807, 2.05) is 6.92 Å². The zero-order chi connectivity index (χ0) is 16.9. The van der Waals surface area contributed by atoms with Gasteiger partial charge in [0, 0.05) is 24.8 Å². The van der Waals surface area contributed by atoms with Gasteiger partial charge in [-0.05, 0) is 24.8 Å². The molecular weight excluding hydrogens is 309 g/mol. The van der Waals surface area contributed by atoms with E-state index in [9.17, 15) is 13.2 Å². The molecule has 2 atom stereocenters. The molecule has 1 aromatic rings. The van der Waals surface area contributed by atoms with Crippen LogP contribution in [0.2, 0.25) is 0 Å². The number of nitrogens with zero attached hydrogens (tertiary/aromatic N) is 2. The predicted molar refractivity (Wildman–Crippen MR) is 81.3 cm³/mol. The van der Waals surface area contributed by atoms with Crippen LogP contribution in [0.25, 0.3) is 0 Å². The van der Waals surface area contributed by atoms with Crippen molar-refractivity contribution in [3.63, 3.8) is 0 Å².